The van der Waals surface area contributed by atoms with E-state index in [9.17, 15) is 147 Å². The van der Waals surface area contributed by atoms with Crippen LogP contribution in [0.5, 0.6) is 0 Å². The minimum Gasteiger partial charge on any atom is -0.394 e. The second kappa shape index (κ2) is 37.9. The van der Waals surface area contributed by atoms with Crippen LogP contribution in [-0.4, -0.2) is 485 Å². The van der Waals surface area contributed by atoms with Crippen molar-refractivity contribution in [2.24, 2.45) is 0 Å². The topological polar surface area (TPSA) is 761 Å². The molecule has 2 amide bonds. The molecule has 45 atom stereocenters. The van der Waals surface area contributed by atoms with Crippen LogP contribution in [0, 0.1) is 0 Å². The van der Waals surface area contributed by atoms with Crippen molar-refractivity contribution in [2.75, 3.05) is 59.5 Å². The van der Waals surface area contributed by atoms with Gasteiger partial charge in [-0.3, -0.25) is 9.59 Å². The van der Waals surface area contributed by atoms with E-state index in [0.29, 0.717) is 0 Å². The van der Waals surface area contributed by atoms with E-state index in [1.54, 1.807) is 0 Å². The SMILES string of the molecule is CC(=O)N[C@@H]1[C@@H](O)[C@H](O[C@@H]2O[C@H](CO)[C@@H](O[C@@H]3O[C@H](CO[C@H]4O[C@H](CO[C@H]5O[C@H](CO)[C@@H](O)[C@H](O)[C@@H]5O)[C@@H](O)[C@H](O[C@H]5O[C@H](CO)[C@@H](O)[C@H](O)[C@@H]5O[C@H]5O[C@@H]([C@H](O)CO)[C@H](O)[C@H]5O)[C@@H]4O)[C@@H](O)[C@H](O[C@H]4O[C@H](CO)[C@@H](O)[C@H](O)[C@@H]4O[C@H]4O[C@H](CO)[C@@H](O)[C@H](O)[C@@H]4O)[C@@H]3O)[C@H](O)[C@H]2NC(C)=O)[C@@H](CO)O[C@H]1O. The first-order valence-electron chi connectivity index (χ1n) is 33.7. The molecule has 0 spiro atoms. The lowest BCUT2D eigenvalue weighted by atomic mass is 9.94. The van der Waals surface area contributed by atoms with Crippen molar-refractivity contribution in [3.05, 3.63) is 0 Å². The largest absolute Gasteiger partial charge is 0.394 e. The van der Waals surface area contributed by atoms with E-state index >= 15 is 0 Å². The van der Waals surface area contributed by atoms with Gasteiger partial charge in [-0.25, -0.2) is 0 Å². The lowest BCUT2D eigenvalue weighted by molar-refractivity contribution is -0.399. The molecule has 9 saturated heterocycles. The first kappa shape index (κ1) is 87.2. The van der Waals surface area contributed by atoms with Crippen LogP contribution in [0.4, 0.5) is 0 Å². The average Bonchev–Trinajstić information content (AvgIpc) is 0.850. The van der Waals surface area contributed by atoms with E-state index in [4.69, 9.17) is 80.5 Å². The first-order chi connectivity index (χ1) is 50.2. The van der Waals surface area contributed by atoms with Crippen molar-refractivity contribution in [3.63, 3.8) is 0 Å². The molecule has 0 radical (unpaired) electrons. The molecule has 0 saturated carbocycles. The number of carbonyl (C=O) groups is 2. The zero-order valence-corrected chi connectivity index (χ0v) is 56.2. The van der Waals surface area contributed by atoms with Gasteiger partial charge in [0, 0.05) is 13.8 Å². The zero-order valence-electron chi connectivity index (χ0n) is 56.2. The number of nitrogens with one attached hydrogen (secondary N) is 2. The Labute approximate surface area is 598 Å². The van der Waals surface area contributed by atoms with Crippen LogP contribution < -0.4 is 10.6 Å². The monoisotopic (exact) mass is 1560 g/mol. The van der Waals surface area contributed by atoms with Crippen LogP contribution in [0.25, 0.3) is 0 Å². The van der Waals surface area contributed by atoms with Gasteiger partial charge < -0.3 is 229 Å². The number of rotatable bonds is 28. The summed E-state index contributed by atoms with van der Waals surface area (Å²) in [6, 6.07) is -3.56. The van der Waals surface area contributed by atoms with Crippen molar-refractivity contribution < 1.29 is 228 Å². The summed E-state index contributed by atoms with van der Waals surface area (Å²) >= 11 is 0. The number of hydrogen-bond acceptors (Lipinski definition) is 46. The summed E-state index contributed by atoms with van der Waals surface area (Å²) < 4.78 is 98.9. The standard InChI is InChI=1S/C58H98N2O46/c1-12(68)59-23-31(77)44(19(8-66)92-50(23)89)101-51-24(60-13(2)69)32(78)45(20(9-67)97-51)102-56-42(88)47(104-57-48(35(81)27(73)17(6-64)95-57)105-54-39(85)34(80)26(72)16(5-63)94-54)30(76)22(99-56)11-91-53-41(87)46(29(75)21(98-53)10-90-52-38(84)33(79)25(71)15(4-62)93-52)103-58-49(36(82)28(74)18(7-65)96-58)106-55-40(86)37(83)43(100-55)14(70)3-61/h14-58,61-67,70-89H,3-11H2,1-2H3,(H,59,68)(H,60,69)/t14-,15-,16-,17-,18-,19-,20-,21-,22-,23-,24-,25-,26-,27-,28-,29-,30-,31-,32-,33+,34+,35+,36+,37-,38+,39+,40-,41+,42+,43+,44-,45-,46+,47+,48+,49+,50-,51+,52+,53+,54-,55-,56+,57-,58-/m1/s1. The Morgan fingerprint density at radius 3 is 1.06 bits per heavy atom. The smallest absolute Gasteiger partial charge is 0.217 e. The zero-order chi connectivity index (χ0) is 77.9. The van der Waals surface area contributed by atoms with Crippen molar-refractivity contribution in [2.45, 2.75) is 290 Å². The Morgan fingerprint density at radius 1 is 0.292 bits per heavy atom. The fraction of sp³-hybridized carbons (Fsp3) is 0.966. The third-order valence-corrected chi connectivity index (χ3v) is 19.5. The highest BCUT2D eigenvalue weighted by Gasteiger charge is 2.61. The normalized spacial score (nSPS) is 50.7. The Morgan fingerprint density at radius 2 is 0.604 bits per heavy atom. The number of carbonyl (C=O) groups excluding carboxylic acids is 2. The van der Waals surface area contributed by atoms with Gasteiger partial charge in [0.05, 0.1) is 59.5 Å². The van der Waals surface area contributed by atoms with Crippen molar-refractivity contribution >= 4 is 11.8 Å². The average molecular weight is 1560 g/mol. The highest BCUT2D eigenvalue weighted by molar-refractivity contribution is 5.73. The molecule has 0 aromatic carbocycles. The summed E-state index contributed by atoms with van der Waals surface area (Å²) in [6.07, 6.45) is -90.4. The fourth-order valence-corrected chi connectivity index (χ4v) is 13.6. The van der Waals surface area contributed by atoms with Crippen molar-refractivity contribution in [1.29, 1.82) is 0 Å². The first-order valence-corrected chi connectivity index (χ1v) is 33.7. The summed E-state index contributed by atoms with van der Waals surface area (Å²) in [5.41, 5.74) is 0. The van der Waals surface area contributed by atoms with Crippen LogP contribution in [-0.2, 0) is 90.1 Å². The number of aliphatic hydroxyl groups excluding tert-OH is 27. The minimum atomic E-state index is -2.55. The molecule has 29 N–H and O–H groups in total. The van der Waals surface area contributed by atoms with Gasteiger partial charge in [0.1, 0.15) is 220 Å². The minimum absolute atomic E-state index is 0.784. The summed E-state index contributed by atoms with van der Waals surface area (Å²) in [5.74, 6) is -1.72. The van der Waals surface area contributed by atoms with Gasteiger partial charge in [-0.2, -0.15) is 0 Å². The molecule has 9 fully saturated rings. The van der Waals surface area contributed by atoms with Gasteiger partial charge in [-0.05, 0) is 0 Å². The second-order valence-corrected chi connectivity index (χ2v) is 26.7. The van der Waals surface area contributed by atoms with Gasteiger partial charge in [-0.1, -0.05) is 0 Å². The van der Waals surface area contributed by atoms with Gasteiger partial charge in [0.15, 0.2) is 56.6 Å². The van der Waals surface area contributed by atoms with E-state index in [1.165, 1.54) is 0 Å². The van der Waals surface area contributed by atoms with Crippen LogP contribution in [0.1, 0.15) is 13.8 Å². The lowest BCUT2D eigenvalue weighted by Gasteiger charge is -2.51. The van der Waals surface area contributed by atoms with Crippen molar-refractivity contribution in [1.82, 2.24) is 10.6 Å². The maximum Gasteiger partial charge on any atom is 0.217 e. The third-order valence-electron chi connectivity index (χ3n) is 19.5. The number of aliphatic hydroxyl groups is 27. The molecule has 616 valence electrons. The molecular weight excluding hydrogens is 1460 g/mol. The Bertz CT molecular complexity index is 2710. The molecular formula is C58H98N2O46. The van der Waals surface area contributed by atoms with Gasteiger partial charge >= 0.3 is 0 Å². The highest BCUT2D eigenvalue weighted by Crippen LogP contribution is 2.40. The maximum absolute atomic E-state index is 12.9. The summed E-state index contributed by atoms with van der Waals surface area (Å²) in [4.78, 5) is 25.0. The molecule has 9 aliphatic heterocycles. The molecule has 0 bridgehead atoms. The maximum atomic E-state index is 12.9. The lowest BCUT2D eigenvalue weighted by Crippen LogP contribution is -2.70. The molecule has 0 unspecified atom stereocenters. The molecule has 48 nitrogen and oxygen atoms in total. The highest BCUT2D eigenvalue weighted by atomic mass is 16.8. The molecule has 106 heavy (non-hydrogen) atoms. The van der Waals surface area contributed by atoms with Crippen LogP contribution in [0.2, 0.25) is 0 Å². The molecule has 0 aromatic rings. The summed E-state index contributed by atoms with van der Waals surface area (Å²) in [5, 5.41) is 301. The number of ether oxygens (including phenoxy) is 17. The van der Waals surface area contributed by atoms with Crippen LogP contribution in [0.15, 0.2) is 0 Å². The van der Waals surface area contributed by atoms with Crippen LogP contribution >= 0.6 is 0 Å². The molecule has 0 aromatic heterocycles. The summed E-state index contributed by atoms with van der Waals surface area (Å²) in [7, 11) is 0. The molecule has 0 aliphatic carbocycles. The number of hydrogen-bond donors (Lipinski definition) is 29. The van der Waals surface area contributed by atoms with Crippen LogP contribution in [0.3, 0.4) is 0 Å². The van der Waals surface area contributed by atoms with E-state index in [1.807, 2.05) is 0 Å². The molecule has 9 rings (SSSR count). The Hall–Kier alpha value is -2.82. The molecule has 9 heterocycles. The Balaban J connectivity index is 1.06. The van der Waals surface area contributed by atoms with Gasteiger partial charge in [0.2, 0.25) is 11.8 Å². The fourth-order valence-electron chi connectivity index (χ4n) is 13.6. The quantitative estimate of drug-likeness (QED) is 0.0346. The van der Waals surface area contributed by atoms with Gasteiger partial charge in [0.25, 0.3) is 0 Å². The van der Waals surface area contributed by atoms with E-state index in [2.05, 4.69) is 10.6 Å². The Kier molecular flexibility index (Phi) is 31.1. The summed E-state index contributed by atoms with van der Waals surface area (Å²) in [6.45, 7) is -7.77. The third kappa shape index (κ3) is 18.7. The van der Waals surface area contributed by atoms with Crippen molar-refractivity contribution in [3.8, 4) is 0 Å². The predicted molar refractivity (Wildman–Crippen MR) is 320 cm³/mol. The molecule has 48 heteroatoms. The molecule has 9 aliphatic rings. The van der Waals surface area contributed by atoms with Gasteiger partial charge in [-0.15, -0.1) is 0 Å². The van der Waals surface area contributed by atoms with E-state index < -0.39 is 348 Å². The number of amides is 2. The predicted octanol–water partition coefficient (Wildman–Crippen LogP) is -20.3. The second-order valence-electron chi connectivity index (χ2n) is 26.7. The van der Waals surface area contributed by atoms with E-state index in [0.717, 1.165) is 13.8 Å². The van der Waals surface area contributed by atoms with E-state index in [-0.39, 0.29) is 0 Å².